The quantitative estimate of drug-likeness (QED) is 0.300. The highest BCUT2D eigenvalue weighted by atomic mass is 19.1. The number of fused-ring (bicyclic) bond motifs is 1. The van der Waals surface area contributed by atoms with Gasteiger partial charge in [-0.25, -0.2) is 9.87 Å². The Morgan fingerprint density at radius 2 is 1.73 bits per heavy atom. The lowest BCUT2D eigenvalue weighted by atomic mass is 10.1. The summed E-state index contributed by atoms with van der Waals surface area (Å²) < 4.78 is 14.9. The molecule has 1 heterocycles. The summed E-state index contributed by atoms with van der Waals surface area (Å²) >= 11 is 0. The molecule has 0 saturated carbocycles. The molecule has 0 saturated heterocycles. The molecule has 8 heteroatoms. The van der Waals surface area contributed by atoms with Gasteiger partial charge in [0.05, 0.1) is 5.52 Å². The van der Waals surface area contributed by atoms with Crippen LogP contribution in [-0.2, 0) is 11.3 Å². The number of hydrogen-bond donors (Lipinski definition) is 3. The van der Waals surface area contributed by atoms with Crippen molar-refractivity contribution in [2.75, 3.05) is 5.32 Å². The van der Waals surface area contributed by atoms with Crippen LogP contribution in [0, 0.1) is 5.82 Å². The molecule has 0 bridgehead atoms. The molecule has 1 aromatic heterocycles. The van der Waals surface area contributed by atoms with Crippen molar-refractivity contribution in [2.24, 2.45) is 0 Å². The van der Waals surface area contributed by atoms with Gasteiger partial charge in [0, 0.05) is 30.2 Å². The fourth-order valence-corrected chi connectivity index (χ4v) is 3.22. The fourth-order valence-electron chi connectivity index (χ4n) is 3.22. The van der Waals surface area contributed by atoms with Crippen LogP contribution in [0.15, 0.2) is 59.5 Å². The number of pyridine rings is 1. The maximum atomic E-state index is 13.1. The molecular formula is C22H22FN3O4. The molecule has 0 aliphatic rings. The van der Waals surface area contributed by atoms with E-state index in [-0.39, 0.29) is 17.4 Å². The van der Waals surface area contributed by atoms with Gasteiger partial charge in [-0.3, -0.25) is 19.6 Å². The molecule has 0 radical (unpaired) electrons. The highest BCUT2D eigenvalue weighted by Crippen LogP contribution is 2.15. The molecule has 0 fully saturated rings. The number of aryl methyl sites for hydroxylation is 1. The van der Waals surface area contributed by atoms with Crippen LogP contribution in [0.3, 0.4) is 0 Å². The molecule has 3 aromatic rings. The Labute approximate surface area is 172 Å². The van der Waals surface area contributed by atoms with E-state index in [4.69, 9.17) is 5.21 Å². The van der Waals surface area contributed by atoms with Gasteiger partial charge in [-0.05, 0) is 49.2 Å². The number of carbonyl (C=O) groups excluding carboxylic acids is 2. The van der Waals surface area contributed by atoms with Crippen LogP contribution >= 0.6 is 0 Å². The first-order chi connectivity index (χ1) is 14.5. The minimum absolute atomic E-state index is 0.00215. The van der Waals surface area contributed by atoms with Crippen molar-refractivity contribution in [3.8, 4) is 0 Å². The van der Waals surface area contributed by atoms with Gasteiger partial charge < -0.3 is 9.88 Å². The zero-order valence-electron chi connectivity index (χ0n) is 16.2. The number of nitrogens with one attached hydrogen (secondary N) is 2. The monoisotopic (exact) mass is 411 g/mol. The van der Waals surface area contributed by atoms with E-state index in [0.29, 0.717) is 29.6 Å². The number of halogens is 1. The summed E-state index contributed by atoms with van der Waals surface area (Å²) in [6.45, 7) is 0.554. The van der Waals surface area contributed by atoms with Crippen LogP contribution in [0.5, 0.6) is 0 Å². The Hall–Kier alpha value is -3.52. The van der Waals surface area contributed by atoms with Gasteiger partial charge in [0.2, 0.25) is 11.3 Å². The van der Waals surface area contributed by atoms with E-state index >= 15 is 0 Å². The molecular weight excluding hydrogens is 389 g/mol. The van der Waals surface area contributed by atoms with Crippen molar-refractivity contribution in [1.82, 2.24) is 10.0 Å². The van der Waals surface area contributed by atoms with E-state index in [1.54, 1.807) is 17.6 Å². The molecule has 30 heavy (non-hydrogen) atoms. The Bertz CT molecular complexity index is 1110. The maximum Gasteiger partial charge on any atom is 0.261 e. The van der Waals surface area contributed by atoms with Crippen LogP contribution in [-0.4, -0.2) is 21.6 Å². The number of para-hydroxylation sites is 1. The Kier molecular flexibility index (Phi) is 6.92. The van der Waals surface area contributed by atoms with Gasteiger partial charge in [-0.15, -0.1) is 0 Å². The molecule has 7 nitrogen and oxygen atoms in total. The number of benzene rings is 2. The van der Waals surface area contributed by atoms with Crippen LogP contribution in [0.4, 0.5) is 10.1 Å². The molecule has 0 unspecified atom stereocenters. The molecule has 0 atom stereocenters. The predicted molar refractivity (Wildman–Crippen MR) is 111 cm³/mol. The average Bonchev–Trinajstić information content (AvgIpc) is 2.76. The summed E-state index contributed by atoms with van der Waals surface area (Å²) in [4.78, 5) is 36.6. The maximum absolute atomic E-state index is 13.1. The van der Waals surface area contributed by atoms with Gasteiger partial charge in [0.15, 0.2) is 0 Å². The van der Waals surface area contributed by atoms with Crippen molar-refractivity contribution in [3.05, 3.63) is 76.3 Å². The van der Waals surface area contributed by atoms with E-state index in [0.717, 1.165) is 12.8 Å². The first-order valence-electron chi connectivity index (χ1n) is 9.61. The molecule has 0 aliphatic heterocycles. The van der Waals surface area contributed by atoms with Gasteiger partial charge in [0.25, 0.3) is 5.91 Å². The van der Waals surface area contributed by atoms with E-state index in [1.165, 1.54) is 30.5 Å². The molecule has 2 aromatic carbocycles. The van der Waals surface area contributed by atoms with Crippen molar-refractivity contribution in [2.45, 2.75) is 32.2 Å². The number of hydroxylamine groups is 1. The number of carbonyl (C=O) groups is 2. The summed E-state index contributed by atoms with van der Waals surface area (Å²) in [5.41, 5.74) is 2.33. The van der Waals surface area contributed by atoms with E-state index in [2.05, 4.69) is 5.32 Å². The second-order valence-electron chi connectivity index (χ2n) is 6.89. The normalized spacial score (nSPS) is 10.7. The smallest absolute Gasteiger partial charge is 0.261 e. The summed E-state index contributed by atoms with van der Waals surface area (Å²) in [5, 5.41) is 11.6. The van der Waals surface area contributed by atoms with E-state index in [1.807, 2.05) is 16.7 Å². The molecule has 0 aliphatic carbocycles. The van der Waals surface area contributed by atoms with Crippen molar-refractivity contribution in [1.29, 1.82) is 0 Å². The third-order valence-electron chi connectivity index (χ3n) is 4.76. The standard InChI is InChI=1S/C22H22FN3O4/c23-15-9-11-16(12-10-15)24-22(29)18-14-26(13-5-1-2-8-20(27)25-30)19-7-4-3-6-17(19)21(18)28/h3-4,6-7,9-12,14,30H,1-2,5,8,13H2,(H,24,29)(H,25,27). The summed E-state index contributed by atoms with van der Waals surface area (Å²) in [7, 11) is 0. The first kappa shape index (κ1) is 21.2. The number of unbranched alkanes of at least 4 members (excludes halogenated alkanes) is 2. The second-order valence-corrected chi connectivity index (χ2v) is 6.89. The zero-order chi connectivity index (χ0) is 21.5. The number of rotatable bonds is 8. The summed E-state index contributed by atoms with van der Waals surface area (Å²) in [5.74, 6) is -1.41. The average molecular weight is 411 g/mol. The SMILES string of the molecule is O=C(CCCCCn1cc(C(=O)Nc2ccc(F)cc2)c(=O)c2ccccc21)NO. The van der Waals surface area contributed by atoms with Crippen LogP contribution < -0.4 is 16.2 Å². The second kappa shape index (κ2) is 9.80. The highest BCUT2D eigenvalue weighted by Gasteiger charge is 2.15. The highest BCUT2D eigenvalue weighted by molar-refractivity contribution is 6.05. The van der Waals surface area contributed by atoms with Crippen LogP contribution in [0.1, 0.15) is 36.0 Å². The first-order valence-corrected chi connectivity index (χ1v) is 9.61. The molecule has 0 spiro atoms. The zero-order valence-corrected chi connectivity index (χ0v) is 16.2. The molecule has 3 rings (SSSR count). The lowest BCUT2D eigenvalue weighted by Crippen LogP contribution is -2.24. The third-order valence-corrected chi connectivity index (χ3v) is 4.76. The number of amides is 2. The van der Waals surface area contributed by atoms with Gasteiger partial charge in [-0.1, -0.05) is 18.6 Å². The number of aromatic nitrogens is 1. The number of anilines is 1. The summed E-state index contributed by atoms with van der Waals surface area (Å²) in [6.07, 6.45) is 3.84. The van der Waals surface area contributed by atoms with Gasteiger partial charge in [-0.2, -0.15) is 0 Å². The van der Waals surface area contributed by atoms with E-state index in [9.17, 15) is 18.8 Å². The van der Waals surface area contributed by atoms with Crippen LogP contribution in [0.2, 0.25) is 0 Å². The van der Waals surface area contributed by atoms with Crippen molar-refractivity contribution >= 4 is 28.4 Å². The molecule has 156 valence electrons. The van der Waals surface area contributed by atoms with E-state index < -0.39 is 17.6 Å². The Morgan fingerprint density at radius 1 is 1.00 bits per heavy atom. The fraction of sp³-hybridized carbons (Fsp3) is 0.227. The Morgan fingerprint density at radius 3 is 2.47 bits per heavy atom. The van der Waals surface area contributed by atoms with Crippen molar-refractivity contribution < 1.29 is 19.2 Å². The topological polar surface area (TPSA) is 100 Å². The lowest BCUT2D eigenvalue weighted by Gasteiger charge is -2.13. The summed E-state index contributed by atoms with van der Waals surface area (Å²) in [6, 6.07) is 12.4. The van der Waals surface area contributed by atoms with Crippen LogP contribution in [0.25, 0.3) is 10.9 Å². The predicted octanol–water partition coefficient (Wildman–Crippen LogP) is 3.46. The van der Waals surface area contributed by atoms with Gasteiger partial charge in [0.1, 0.15) is 11.4 Å². The number of nitrogens with zero attached hydrogens (tertiary/aromatic N) is 1. The Balaban J connectivity index is 1.81. The third kappa shape index (κ3) is 5.09. The largest absolute Gasteiger partial charge is 0.346 e. The van der Waals surface area contributed by atoms with Crippen molar-refractivity contribution in [3.63, 3.8) is 0 Å². The molecule has 3 N–H and O–H groups in total. The lowest BCUT2D eigenvalue weighted by molar-refractivity contribution is -0.129. The minimum Gasteiger partial charge on any atom is -0.346 e. The number of hydrogen-bond acceptors (Lipinski definition) is 4. The van der Waals surface area contributed by atoms with Gasteiger partial charge >= 0.3 is 0 Å². The molecule has 2 amide bonds. The minimum atomic E-state index is -0.564.